The van der Waals surface area contributed by atoms with Crippen molar-refractivity contribution in [2.24, 2.45) is 0 Å². The summed E-state index contributed by atoms with van der Waals surface area (Å²) in [4.78, 5) is 12.3. The lowest BCUT2D eigenvalue weighted by Gasteiger charge is -2.22. The van der Waals surface area contributed by atoms with Gasteiger partial charge in [-0.2, -0.15) is 0 Å². The quantitative estimate of drug-likeness (QED) is 0.0549. The molecule has 0 rings (SSSR count). The van der Waals surface area contributed by atoms with E-state index < -0.39 is 12.1 Å². The third kappa shape index (κ3) is 40.4. The lowest BCUT2D eigenvalue weighted by molar-refractivity contribution is -0.123. The zero-order valence-corrected chi connectivity index (χ0v) is 35.2. The summed E-state index contributed by atoms with van der Waals surface area (Å²) in [5, 5.41) is 23.1. The topological polar surface area (TPSA) is 69.6 Å². The third-order valence-corrected chi connectivity index (χ3v) is 11.4. The summed E-state index contributed by atoms with van der Waals surface area (Å²) in [7, 11) is 0. The molecule has 0 fully saturated rings. The number of aliphatic hydroxyl groups is 2. The highest BCUT2D eigenvalue weighted by Gasteiger charge is 2.20. The molecular weight excluding hydrogens is 627 g/mol. The lowest BCUT2D eigenvalue weighted by atomic mass is 10.0. The Hall–Kier alpha value is -0.610. The molecule has 0 radical (unpaired) electrons. The van der Waals surface area contributed by atoms with Gasteiger partial charge in [0.25, 0.3) is 0 Å². The van der Waals surface area contributed by atoms with E-state index in [1.54, 1.807) is 0 Å². The Bertz CT molecular complexity index is 655. The summed E-state index contributed by atoms with van der Waals surface area (Å²) in [6.45, 7) is 4.37. The zero-order chi connectivity index (χ0) is 37.1. The molecule has 0 saturated carbocycles. The van der Waals surface area contributed by atoms with Crippen LogP contribution in [0.4, 0.5) is 0 Å². The van der Waals surface area contributed by atoms with Crippen molar-refractivity contribution in [1.82, 2.24) is 5.32 Å². The van der Waals surface area contributed by atoms with Crippen LogP contribution in [0, 0.1) is 0 Å². The van der Waals surface area contributed by atoms with E-state index in [0.29, 0.717) is 12.8 Å². The van der Waals surface area contributed by atoms with Crippen molar-refractivity contribution in [3.05, 3.63) is 0 Å². The predicted octanol–water partition coefficient (Wildman–Crippen LogP) is 14.9. The molecule has 0 aromatic carbocycles. The second-order valence-corrected chi connectivity index (χ2v) is 16.5. The van der Waals surface area contributed by atoms with Crippen molar-refractivity contribution < 1.29 is 15.0 Å². The van der Waals surface area contributed by atoms with Crippen LogP contribution in [0.3, 0.4) is 0 Å². The van der Waals surface area contributed by atoms with Crippen LogP contribution in [0.25, 0.3) is 0 Å². The van der Waals surface area contributed by atoms with Gasteiger partial charge < -0.3 is 15.5 Å². The lowest BCUT2D eigenvalue weighted by Crippen LogP contribution is -2.45. The highest BCUT2D eigenvalue weighted by Crippen LogP contribution is 2.17. The van der Waals surface area contributed by atoms with E-state index in [-0.39, 0.29) is 12.5 Å². The maximum absolute atomic E-state index is 12.3. The molecule has 2 unspecified atom stereocenters. The molecule has 3 N–H and O–H groups in total. The van der Waals surface area contributed by atoms with Crippen LogP contribution in [-0.4, -0.2) is 34.9 Å². The van der Waals surface area contributed by atoms with E-state index in [4.69, 9.17) is 0 Å². The fourth-order valence-electron chi connectivity index (χ4n) is 7.72. The monoisotopic (exact) mass is 722 g/mol. The summed E-state index contributed by atoms with van der Waals surface area (Å²) in [5.74, 6) is -0.0294. The fourth-order valence-corrected chi connectivity index (χ4v) is 7.72. The summed E-state index contributed by atoms with van der Waals surface area (Å²) in [6, 6.07) is -0.528. The Labute approximate surface area is 321 Å². The molecule has 306 valence electrons. The Morgan fingerprint density at radius 3 is 0.882 bits per heavy atom. The minimum Gasteiger partial charge on any atom is -0.394 e. The van der Waals surface area contributed by atoms with Gasteiger partial charge in [-0.15, -0.1) is 0 Å². The number of amides is 1. The van der Waals surface area contributed by atoms with Crippen molar-refractivity contribution in [2.75, 3.05) is 6.61 Å². The van der Waals surface area contributed by atoms with Crippen LogP contribution >= 0.6 is 0 Å². The molecule has 0 aliphatic rings. The Morgan fingerprint density at radius 2 is 0.627 bits per heavy atom. The average Bonchev–Trinajstić information content (AvgIpc) is 3.13. The number of aliphatic hydroxyl groups excluding tert-OH is 2. The van der Waals surface area contributed by atoms with Crippen LogP contribution in [0.2, 0.25) is 0 Å². The molecule has 0 heterocycles. The SMILES string of the molecule is CCCCCCCCCCCCCCCCCCCCCCCCCCCCCCCC(O)C(CO)NC(=O)CCCCCCCCCCCC. The zero-order valence-electron chi connectivity index (χ0n) is 35.2. The number of unbranched alkanes of at least 4 members (excludes halogenated alkanes) is 37. The first-order chi connectivity index (χ1) is 25.2. The molecule has 51 heavy (non-hydrogen) atoms. The summed E-state index contributed by atoms with van der Waals surface area (Å²) in [6.07, 6.45) is 53.6. The second kappa shape index (κ2) is 43.8. The van der Waals surface area contributed by atoms with Crippen molar-refractivity contribution in [3.8, 4) is 0 Å². The van der Waals surface area contributed by atoms with Crippen LogP contribution in [-0.2, 0) is 4.79 Å². The fraction of sp³-hybridized carbons (Fsp3) is 0.979. The number of rotatable bonds is 44. The van der Waals surface area contributed by atoms with Crippen molar-refractivity contribution in [1.29, 1.82) is 0 Å². The summed E-state index contributed by atoms with van der Waals surface area (Å²) in [5.41, 5.74) is 0. The first-order valence-electron chi connectivity index (χ1n) is 23.7. The highest BCUT2D eigenvalue weighted by atomic mass is 16.3. The van der Waals surface area contributed by atoms with E-state index in [9.17, 15) is 15.0 Å². The summed E-state index contributed by atoms with van der Waals surface area (Å²) < 4.78 is 0. The first-order valence-corrected chi connectivity index (χ1v) is 23.7. The van der Waals surface area contributed by atoms with Gasteiger partial charge in [-0.1, -0.05) is 258 Å². The molecule has 2 atom stereocenters. The van der Waals surface area contributed by atoms with Crippen molar-refractivity contribution >= 4 is 5.91 Å². The third-order valence-electron chi connectivity index (χ3n) is 11.4. The van der Waals surface area contributed by atoms with Gasteiger partial charge in [0.1, 0.15) is 0 Å². The predicted molar refractivity (Wildman–Crippen MR) is 226 cm³/mol. The second-order valence-electron chi connectivity index (χ2n) is 16.5. The Morgan fingerprint density at radius 1 is 0.392 bits per heavy atom. The molecule has 4 heteroatoms. The maximum atomic E-state index is 12.3. The van der Waals surface area contributed by atoms with Gasteiger partial charge in [-0.25, -0.2) is 0 Å². The smallest absolute Gasteiger partial charge is 0.220 e. The van der Waals surface area contributed by atoms with E-state index in [2.05, 4.69) is 19.2 Å². The van der Waals surface area contributed by atoms with Crippen LogP contribution in [0.15, 0.2) is 0 Å². The van der Waals surface area contributed by atoms with Crippen LogP contribution in [0.5, 0.6) is 0 Å². The standard InChI is InChI=1S/C47H95NO3/c1-3-5-7-9-11-13-15-16-17-18-19-20-21-22-23-24-25-26-27-28-29-30-31-32-33-34-36-38-40-42-46(50)45(44-49)48-47(51)43-41-39-37-35-14-12-10-8-6-4-2/h45-46,49-50H,3-44H2,1-2H3,(H,48,51). The average molecular weight is 722 g/mol. The van der Waals surface area contributed by atoms with Gasteiger partial charge in [-0.05, 0) is 12.8 Å². The van der Waals surface area contributed by atoms with Gasteiger partial charge in [0.15, 0.2) is 0 Å². The number of hydrogen-bond acceptors (Lipinski definition) is 3. The van der Waals surface area contributed by atoms with Crippen molar-refractivity contribution in [2.45, 2.75) is 289 Å². The molecule has 0 aliphatic heterocycles. The number of nitrogens with one attached hydrogen (secondary N) is 1. The molecule has 0 saturated heterocycles. The van der Waals surface area contributed by atoms with E-state index in [1.807, 2.05) is 0 Å². The van der Waals surface area contributed by atoms with E-state index in [0.717, 1.165) is 25.7 Å². The normalized spacial score (nSPS) is 12.8. The van der Waals surface area contributed by atoms with Gasteiger partial charge in [0, 0.05) is 6.42 Å². The van der Waals surface area contributed by atoms with E-state index in [1.165, 1.54) is 225 Å². The minimum absolute atomic E-state index is 0.0294. The molecule has 4 nitrogen and oxygen atoms in total. The van der Waals surface area contributed by atoms with Gasteiger partial charge >= 0.3 is 0 Å². The first kappa shape index (κ1) is 50.4. The molecule has 0 bridgehead atoms. The molecule has 0 aromatic heterocycles. The molecule has 0 aliphatic carbocycles. The molecule has 1 amide bonds. The number of hydrogen-bond donors (Lipinski definition) is 3. The van der Waals surface area contributed by atoms with Crippen LogP contribution in [0.1, 0.15) is 277 Å². The van der Waals surface area contributed by atoms with E-state index >= 15 is 0 Å². The highest BCUT2D eigenvalue weighted by molar-refractivity contribution is 5.76. The van der Waals surface area contributed by atoms with Gasteiger partial charge in [0.05, 0.1) is 18.8 Å². The Kier molecular flexibility index (Phi) is 43.3. The Balaban J connectivity index is 3.36. The van der Waals surface area contributed by atoms with Crippen LogP contribution < -0.4 is 5.32 Å². The molecule has 0 spiro atoms. The number of carbonyl (C=O) groups is 1. The summed E-state index contributed by atoms with van der Waals surface area (Å²) >= 11 is 0. The van der Waals surface area contributed by atoms with Crippen molar-refractivity contribution in [3.63, 3.8) is 0 Å². The molecule has 0 aromatic rings. The number of carbonyl (C=O) groups excluding carboxylic acids is 1. The minimum atomic E-state index is -0.652. The maximum Gasteiger partial charge on any atom is 0.220 e. The molecular formula is C47H95NO3. The van der Waals surface area contributed by atoms with Gasteiger partial charge in [-0.3, -0.25) is 4.79 Å². The largest absolute Gasteiger partial charge is 0.394 e. The van der Waals surface area contributed by atoms with Gasteiger partial charge in [0.2, 0.25) is 5.91 Å².